The Morgan fingerprint density at radius 3 is 2.94 bits per heavy atom. The zero-order valence-electron chi connectivity index (χ0n) is 18.7. The molecule has 35 heavy (non-hydrogen) atoms. The van der Waals surface area contributed by atoms with Crippen LogP contribution in [0.1, 0.15) is 39.6 Å². The number of carbonyl (C=O) groups excluding carboxylic acids is 1. The fraction of sp³-hybridized carbons (Fsp3) is 0.200. The van der Waals surface area contributed by atoms with Crippen LogP contribution in [0.2, 0.25) is 10.0 Å². The van der Waals surface area contributed by atoms with Crippen LogP contribution < -0.4 is 5.32 Å². The van der Waals surface area contributed by atoms with Crippen molar-refractivity contribution in [2.75, 3.05) is 11.9 Å². The number of rotatable bonds is 4. The summed E-state index contributed by atoms with van der Waals surface area (Å²) < 4.78 is 0. The molecule has 0 bridgehead atoms. The van der Waals surface area contributed by atoms with Gasteiger partial charge in [-0.05, 0) is 60.7 Å². The predicted octanol–water partition coefficient (Wildman–Crippen LogP) is 6.25. The summed E-state index contributed by atoms with van der Waals surface area (Å²) in [5.74, 6) is 1.28. The summed E-state index contributed by atoms with van der Waals surface area (Å²) in [7, 11) is 0. The van der Waals surface area contributed by atoms with Gasteiger partial charge < -0.3 is 15.2 Å². The lowest BCUT2D eigenvalue weighted by Crippen LogP contribution is -2.35. The van der Waals surface area contributed by atoms with Crippen molar-refractivity contribution in [2.45, 2.75) is 25.9 Å². The summed E-state index contributed by atoms with van der Waals surface area (Å²) in [5.41, 5.74) is 4.01. The van der Waals surface area contributed by atoms with Gasteiger partial charge in [0.2, 0.25) is 0 Å². The highest BCUT2D eigenvalue weighted by Crippen LogP contribution is 2.31. The van der Waals surface area contributed by atoms with E-state index in [2.05, 4.69) is 36.7 Å². The van der Waals surface area contributed by atoms with Gasteiger partial charge in [-0.3, -0.25) is 4.79 Å². The number of amides is 1. The Labute approximate surface area is 215 Å². The van der Waals surface area contributed by atoms with E-state index in [0.717, 1.165) is 28.7 Å². The average Bonchev–Trinajstić information content (AvgIpc) is 3.49. The Morgan fingerprint density at radius 1 is 1.17 bits per heavy atom. The number of nitrogens with zero attached hydrogens (tertiary/aromatic N) is 4. The summed E-state index contributed by atoms with van der Waals surface area (Å²) in [5, 5.41) is 7.23. The molecule has 2 aromatic carbocycles. The lowest BCUT2D eigenvalue weighted by atomic mass is 10.1. The molecular weight excluding hydrogens is 503 g/mol. The van der Waals surface area contributed by atoms with Crippen molar-refractivity contribution in [3.63, 3.8) is 0 Å². The normalized spacial score (nSPS) is 14.3. The van der Waals surface area contributed by atoms with Gasteiger partial charge in [-0.1, -0.05) is 23.2 Å². The van der Waals surface area contributed by atoms with Crippen LogP contribution in [0.5, 0.6) is 0 Å². The maximum absolute atomic E-state index is 13.3. The van der Waals surface area contributed by atoms with Gasteiger partial charge >= 0.3 is 0 Å². The van der Waals surface area contributed by atoms with Crippen molar-refractivity contribution in [3.8, 4) is 0 Å². The molecule has 1 aliphatic rings. The molecule has 0 fully saturated rings. The smallest absolute Gasteiger partial charge is 0.255 e. The molecule has 0 saturated carbocycles. The number of hydrogen-bond acceptors (Lipinski definition) is 6. The number of nitrogens with one attached hydrogen (secondary N) is 2. The van der Waals surface area contributed by atoms with E-state index in [0.29, 0.717) is 40.0 Å². The number of aromatic nitrogens is 4. The Bertz CT molecular complexity index is 1600. The fourth-order valence-electron chi connectivity index (χ4n) is 4.43. The van der Waals surface area contributed by atoms with Crippen molar-refractivity contribution in [1.82, 2.24) is 24.8 Å². The number of halogens is 2. The van der Waals surface area contributed by atoms with Crippen LogP contribution in [-0.2, 0) is 13.0 Å². The summed E-state index contributed by atoms with van der Waals surface area (Å²) in [4.78, 5) is 33.3. The third kappa shape index (κ3) is 4.11. The van der Waals surface area contributed by atoms with Crippen molar-refractivity contribution < 1.29 is 4.79 Å². The fourth-order valence-corrected chi connectivity index (χ4v) is 5.73. The van der Waals surface area contributed by atoms with Crippen LogP contribution >= 0.6 is 34.5 Å². The molecule has 7 nitrogen and oxygen atoms in total. The molecule has 2 N–H and O–H groups in total. The summed E-state index contributed by atoms with van der Waals surface area (Å²) in [6, 6.07) is 11.0. The number of benzene rings is 2. The van der Waals surface area contributed by atoms with Crippen LogP contribution in [0.15, 0.2) is 48.1 Å². The lowest BCUT2D eigenvalue weighted by Gasteiger charge is -2.27. The molecule has 0 spiro atoms. The second kappa shape index (κ2) is 8.78. The van der Waals surface area contributed by atoms with E-state index in [4.69, 9.17) is 23.2 Å². The first-order valence-corrected chi connectivity index (χ1v) is 12.8. The van der Waals surface area contributed by atoms with Gasteiger partial charge in [0, 0.05) is 28.4 Å². The molecule has 1 amide bonds. The predicted molar refractivity (Wildman–Crippen MR) is 140 cm³/mol. The molecule has 3 aromatic heterocycles. The van der Waals surface area contributed by atoms with E-state index < -0.39 is 0 Å². The number of carbonyl (C=O) groups is 1. The third-order valence-corrected chi connectivity index (χ3v) is 7.85. The molecule has 4 heterocycles. The minimum Gasteiger partial charge on any atom is -0.360 e. The number of aromatic amines is 1. The molecular formula is C25H20Cl2N6OS. The van der Waals surface area contributed by atoms with Crippen molar-refractivity contribution >= 4 is 68.2 Å². The van der Waals surface area contributed by atoms with E-state index in [1.807, 2.05) is 30.0 Å². The Hall–Kier alpha value is -3.20. The number of hydrogen-bond donors (Lipinski definition) is 2. The van der Waals surface area contributed by atoms with E-state index in [-0.39, 0.29) is 11.9 Å². The maximum Gasteiger partial charge on any atom is 0.255 e. The highest BCUT2D eigenvalue weighted by Gasteiger charge is 2.25. The first-order chi connectivity index (χ1) is 17.0. The standard InChI is InChI=1S/C25H20Cl2N6OS/c1-13(23-31-19-3-2-15(26)8-21(19)32-23)30-24-17-9-18(27)16(10-20(17)28-12-29-24)25(34)33-6-4-22-14(11-33)5-7-35-22/h2-3,5,7-10,12-13H,4,6,11H2,1H3,(H,31,32)(H,28,29,30). The van der Waals surface area contributed by atoms with Gasteiger partial charge in [0.05, 0.1) is 33.2 Å². The van der Waals surface area contributed by atoms with Crippen LogP contribution in [-0.4, -0.2) is 37.3 Å². The molecule has 176 valence electrons. The molecule has 0 saturated heterocycles. The van der Waals surface area contributed by atoms with Gasteiger partial charge in [-0.2, -0.15) is 0 Å². The summed E-state index contributed by atoms with van der Waals surface area (Å²) >= 11 is 14.5. The highest BCUT2D eigenvalue weighted by molar-refractivity contribution is 7.10. The van der Waals surface area contributed by atoms with Crippen LogP contribution in [0.3, 0.4) is 0 Å². The molecule has 0 aliphatic carbocycles. The van der Waals surface area contributed by atoms with E-state index in [1.54, 1.807) is 23.5 Å². The number of fused-ring (bicyclic) bond motifs is 3. The SMILES string of the molecule is CC(Nc1ncnc2cc(C(=O)N3CCc4sccc4C3)c(Cl)cc12)c1nc2ccc(Cl)cc2[nH]1. The molecule has 1 aliphatic heterocycles. The van der Waals surface area contributed by atoms with Crippen molar-refractivity contribution in [3.05, 3.63) is 80.0 Å². The van der Waals surface area contributed by atoms with Crippen molar-refractivity contribution in [2.24, 2.45) is 0 Å². The van der Waals surface area contributed by atoms with Gasteiger partial charge in [-0.15, -0.1) is 11.3 Å². The number of thiophene rings is 1. The molecule has 1 atom stereocenters. The molecule has 1 unspecified atom stereocenters. The third-order valence-electron chi connectivity index (χ3n) is 6.28. The van der Waals surface area contributed by atoms with E-state index >= 15 is 0 Å². The highest BCUT2D eigenvalue weighted by atomic mass is 35.5. The van der Waals surface area contributed by atoms with Gasteiger partial charge in [0.1, 0.15) is 18.0 Å². The number of anilines is 1. The summed E-state index contributed by atoms with van der Waals surface area (Å²) in [6.07, 6.45) is 2.35. The molecule has 5 aromatic rings. The Morgan fingerprint density at radius 2 is 2.06 bits per heavy atom. The maximum atomic E-state index is 13.3. The average molecular weight is 523 g/mol. The van der Waals surface area contributed by atoms with E-state index in [1.165, 1.54) is 16.8 Å². The number of imidazole rings is 1. The number of H-pyrrole nitrogens is 1. The van der Waals surface area contributed by atoms with Crippen molar-refractivity contribution in [1.29, 1.82) is 0 Å². The lowest BCUT2D eigenvalue weighted by molar-refractivity contribution is 0.0736. The second-order valence-electron chi connectivity index (χ2n) is 8.57. The zero-order valence-corrected chi connectivity index (χ0v) is 21.0. The molecule has 6 rings (SSSR count). The first-order valence-electron chi connectivity index (χ1n) is 11.2. The second-order valence-corrected chi connectivity index (χ2v) is 10.4. The van der Waals surface area contributed by atoms with Gasteiger partial charge in [0.15, 0.2) is 0 Å². The first kappa shape index (κ1) is 22.3. The summed E-state index contributed by atoms with van der Waals surface area (Å²) in [6.45, 7) is 3.27. The van der Waals surface area contributed by atoms with E-state index in [9.17, 15) is 4.79 Å². The Kier molecular flexibility index (Phi) is 5.59. The molecule has 0 radical (unpaired) electrons. The van der Waals surface area contributed by atoms with Gasteiger partial charge in [-0.25, -0.2) is 15.0 Å². The quantitative estimate of drug-likeness (QED) is 0.291. The van der Waals surface area contributed by atoms with Gasteiger partial charge in [0.25, 0.3) is 5.91 Å². The Balaban J connectivity index is 1.29. The minimum atomic E-state index is -0.174. The topological polar surface area (TPSA) is 86.8 Å². The largest absolute Gasteiger partial charge is 0.360 e. The zero-order chi connectivity index (χ0) is 24.1. The minimum absolute atomic E-state index is 0.0869. The molecule has 10 heteroatoms. The van der Waals surface area contributed by atoms with Crippen LogP contribution in [0, 0.1) is 0 Å². The monoisotopic (exact) mass is 522 g/mol. The van der Waals surface area contributed by atoms with Crippen LogP contribution in [0.4, 0.5) is 5.82 Å². The van der Waals surface area contributed by atoms with Crippen LogP contribution in [0.25, 0.3) is 21.9 Å².